The number of carbonyl (C=O) groups excluding carboxylic acids is 1. The fourth-order valence-electron chi connectivity index (χ4n) is 3.42. The number of fused-ring (bicyclic) bond motifs is 1. The summed E-state index contributed by atoms with van der Waals surface area (Å²) < 4.78 is 14.9. The summed E-state index contributed by atoms with van der Waals surface area (Å²) in [4.78, 5) is 21.9. The van der Waals surface area contributed by atoms with Crippen molar-refractivity contribution in [3.8, 4) is 5.69 Å². The van der Waals surface area contributed by atoms with Crippen LogP contribution in [0.3, 0.4) is 0 Å². The van der Waals surface area contributed by atoms with Crippen molar-refractivity contribution in [2.45, 2.75) is 33.7 Å². The van der Waals surface area contributed by atoms with Crippen molar-refractivity contribution < 1.29 is 9.18 Å². The number of hydrogen-bond acceptors (Lipinski definition) is 4. The zero-order valence-electron chi connectivity index (χ0n) is 17.3. The van der Waals surface area contributed by atoms with Gasteiger partial charge in [0.25, 0.3) is 5.91 Å². The zero-order valence-corrected chi connectivity index (χ0v) is 17.3. The van der Waals surface area contributed by atoms with E-state index < -0.39 is 0 Å². The molecule has 1 unspecified atom stereocenters. The van der Waals surface area contributed by atoms with Crippen molar-refractivity contribution in [2.75, 3.05) is 0 Å². The Hall–Kier alpha value is -3.61. The van der Waals surface area contributed by atoms with Gasteiger partial charge in [0.1, 0.15) is 5.82 Å². The summed E-state index contributed by atoms with van der Waals surface area (Å²) in [6.45, 7) is 7.65. The third-order valence-electron chi connectivity index (χ3n) is 5.27. The van der Waals surface area contributed by atoms with E-state index in [-0.39, 0.29) is 17.8 Å². The Morgan fingerprint density at radius 1 is 1.00 bits per heavy atom. The quantitative estimate of drug-likeness (QED) is 0.549. The monoisotopic (exact) mass is 403 g/mol. The highest BCUT2D eigenvalue weighted by molar-refractivity contribution is 5.97. The van der Waals surface area contributed by atoms with Crippen LogP contribution in [0.4, 0.5) is 4.39 Å². The number of aromatic nitrogens is 4. The van der Waals surface area contributed by atoms with Gasteiger partial charge in [-0.2, -0.15) is 5.10 Å². The Morgan fingerprint density at radius 3 is 2.37 bits per heavy atom. The van der Waals surface area contributed by atoms with Crippen LogP contribution in [0.25, 0.3) is 16.7 Å². The molecule has 0 radical (unpaired) electrons. The molecule has 4 rings (SSSR count). The van der Waals surface area contributed by atoms with Crippen LogP contribution in [0, 0.1) is 26.6 Å². The summed E-state index contributed by atoms with van der Waals surface area (Å²) in [6.07, 6.45) is 1.72. The first-order valence-corrected chi connectivity index (χ1v) is 9.70. The van der Waals surface area contributed by atoms with Gasteiger partial charge in [0.05, 0.1) is 40.3 Å². The SMILES string of the molecule is Cc1nc2ccc(C(=O)NC(C)c3cnn(-c4ccc(F)cc4)c3C)cc2nc1C. The summed E-state index contributed by atoms with van der Waals surface area (Å²) in [5.74, 6) is -0.492. The molecule has 2 aromatic carbocycles. The minimum atomic E-state index is -0.296. The second kappa shape index (κ2) is 7.67. The molecule has 30 heavy (non-hydrogen) atoms. The lowest BCUT2D eigenvalue weighted by Crippen LogP contribution is -2.27. The fraction of sp³-hybridized carbons (Fsp3) is 0.217. The first-order valence-electron chi connectivity index (χ1n) is 9.70. The molecule has 0 fully saturated rings. The summed E-state index contributed by atoms with van der Waals surface area (Å²) in [5.41, 5.74) is 6.23. The molecule has 7 heteroatoms. The van der Waals surface area contributed by atoms with E-state index in [0.717, 1.165) is 33.8 Å². The number of nitrogens with one attached hydrogen (secondary N) is 1. The molecule has 2 aromatic heterocycles. The van der Waals surface area contributed by atoms with Gasteiger partial charge in [-0.1, -0.05) is 0 Å². The number of aryl methyl sites for hydroxylation is 2. The van der Waals surface area contributed by atoms with Crippen molar-refractivity contribution in [1.82, 2.24) is 25.1 Å². The average molecular weight is 403 g/mol. The highest BCUT2D eigenvalue weighted by atomic mass is 19.1. The number of halogens is 1. The van der Waals surface area contributed by atoms with E-state index in [4.69, 9.17) is 0 Å². The Morgan fingerprint density at radius 2 is 1.67 bits per heavy atom. The van der Waals surface area contributed by atoms with Crippen molar-refractivity contribution in [3.63, 3.8) is 0 Å². The number of nitrogens with zero attached hydrogens (tertiary/aromatic N) is 4. The van der Waals surface area contributed by atoms with E-state index in [1.54, 1.807) is 35.1 Å². The van der Waals surface area contributed by atoms with E-state index in [1.165, 1.54) is 12.1 Å². The summed E-state index contributed by atoms with van der Waals surface area (Å²) in [7, 11) is 0. The number of rotatable bonds is 4. The highest BCUT2D eigenvalue weighted by Gasteiger charge is 2.18. The van der Waals surface area contributed by atoms with E-state index in [9.17, 15) is 9.18 Å². The molecule has 152 valence electrons. The van der Waals surface area contributed by atoms with Crippen molar-refractivity contribution in [1.29, 1.82) is 0 Å². The summed E-state index contributed by atoms with van der Waals surface area (Å²) in [6, 6.07) is 11.2. The van der Waals surface area contributed by atoms with Gasteiger partial charge < -0.3 is 5.32 Å². The average Bonchev–Trinajstić information content (AvgIpc) is 3.10. The molecule has 0 aliphatic carbocycles. The smallest absolute Gasteiger partial charge is 0.251 e. The highest BCUT2D eigenvalue weighted by Crippen LogP contribution is 2.21. The van der Waals surface area contributed by atoms with Crippen LogP contribution < -0.4 is 5.32 Å². The molecule has 0 aliphatic rings. The second-order valence-electron chi connectivity index (χ2n) is 7.37. The molecule has 6 nitrogen and oxygen atoms in total. The van der Waals surface area contributed by atoms with Crippen LogP contribution in [0.1, 0.15) is 46.0 Å². The number of amides is 1. The molecule has 0 saturated carbocycles. The van der Waals surface area contributed by atoms with Crippen LogP contribution in [0.15, 0.2) is 48.7 Å². The van der Waals surface area contributed by atoms with Gasteiger partial charge in [0.15, 0.2) is 0 Å². The summed E-state index contributed by atoms with van der Waals surface area (Å²) >= 11 is 0. The topological polar surface area (TPSA) is 72.7 Å². The zero-order chi connectivity index (χ0) is 21.4. The lowest BCUT2D eigenvalue weighted by Gasteiger charge is -2.14. The van der Waals surface area contributed by atoms with Crippen LogP contribution in [-0.4, -0.2) is 25.7 Å². The van der Waals surface area contributed by atoms with E-state index in [0.29, 0.717) is 11.1 Å². The molecule has 0 bridgehead atoms. The Bertz CT molecular complexity index is 1250. The van der Waals surface area contributed by atoms with E-state index >= 15 is 0 Å². The van der Waals surface area contributed by atoms with Crippen LogP contribution in [0.5, 0.6) is 0 Å². The lowest BCUT2D eigenvalue weighted by molar-refractivity contribution is 0.0940. The standard InChI is InChI=1S/C23H22FN5O/c1-13-14(2)27-22-11-17(5-10-21(22)26-13)23(30)28-15(3)20-12-25-29(16(20)4)19-8-6-18(24)7-9-19/h5-12,15H,1-4H3,(H,28,30). The Balaban J connectivity index is 1.56. The van der Waals surface area contributed by atoms with Gasteiger partial charge in [0.2, 0.25) is 0 Å². The molecule has 2 heterocycles. The summed E-state index contributed by atoms with van der Waals surface area (Å²) in [5, 5.41) is 7.42. The van der Waals surface area contributed by atoms with Crippen molar-refractivity contribution >= 4 is 16.9 Å². The minimum Gasteiger partial charge on any atom is -0.345 e. The molecule has 0 saturated heterocycles. The fourth-order valence-corrected chi connectivity index (χ4v) is 3.42. The second-order valence-corrected chi connectivity index (χ2v) is 7.37. The van der Waals surface area contributed by atoms with Gasteiger partial charge in [0, 0.05) is 16.8 Å². The maximum Gasteiger partial charge on any atom is 0.251 e. The molecule has 1 N–H and O–H groups in total. The molecular formula is C23H22FN5O. The van der Waals surface area contributed by atoms with Gasteiger partial charge in [-0.25, -0.2) is 19.0 Å². The van der Waals surface area contributed by atoms with E-state index in [1.807, 2.05) is 33.8 Å². The van der Waals surface area contributed by atoms with Crippen molar-refractivity contribution in [3.05, 3.63) is 82.7 Å². The Kier molecular flexibility index (Phi) is 5.03. The lowest BCUT2D eigenvalue weighted by atomic mass is 10.1. The van der Waals surface area contributed by atoms with Crippen LogP contribution in [0.2, 0.25) is 0 Å². The maximum absolute atomic E-state index is 13.2. The van der Waals surface area contributed by atoms with Crippen LogP contribution in [-0.2, 0) is 0 Å². The third kappa shape index (κ3) is 3.66. The molecule has 1 atom stereocenters. The Labute approximate surface area is 173 Å². The predicted molar refractivity (Wildman–Crippen MR) is 113 cm³/mol. The number of carbonyl (C=O) groups is 1. The molecular weight excluding hydrogens is 381 g/mol. The third-order valence-corrected chi connectivity index (χ3v) is 5.27. The first kappa shape index (κ1) is 19.7. The number of benzene rings is 2. The van der Waals surface area contributed by atoms with Crippen LogP contribution >= 0.6 is 0 Å². The first-order chi connectivity index (χ1) is 14.3. The van der Waals surface area contributed by atoms with E-state index in [2.05, 4.69) is 20.4 Å². The van der Waals surface area contributed by atoms with Gasteiger partial charge >= 0.3 is 0 Å². The van der Waals surface area contributed by atoms with Gasteiger partial charge in [-0.05, 0) is 70.2 Å². The van der Waals surface area contributed by atoms with Gasteiger partial charge in [-0.15, -0.1) is 0 Å². The van der Waals surface area contributed by atoms with Gasteiger partial charge in [-0.3, -0.25) is 4.79 Å². The maximum atomic E-state index is 13.2. The predicted octanol–water partition coefficient (Wildman–Crippen LogP) is 4.37. The molecule has 4 aromatic rings. The molecule has 0 aliphatic heterocycles. The minimum absolute atomic E-state index is 0.196. The molecule has 1 amide bonds. The largest absolute Gasteiger partial charge is 0.345 e. The molecule has 0 spiro atoms. The number of hydrogen-bond donors (Lipinski definition) is 1. The van der Waals surface area contributed by atoms with Crippen molar-refractivity contribution in [2.24, 2.45) is 0 Å². The normalized spacial score (nSPS) is 12.2.